The van der Waals surface area contributed by atoms with Crippen LogP contribution < -0.4 is 5.73 Å². The van der Waals surface area contributed by atoms with E-state index in [2.05, 4.69) is 20.9 Å². The predicted molar refractivity (Wildman–Crippen MR) is 82.7 cm³/mol. The van der Waals surface area contributed by atoms with Crippen LogP contribution in [-0.2, 0) is 13.0 Å². The van der Waals surface area contributed by atoms with Crippen molar-refractivity contribution in [3.8, 4) is 0 Å². The predicted octanol–water partition coefficient (Wildman–Crippen LogP) is 2.74. The maximum Gasteiger partial charge on any atom is 0.273 e. The number of thiazole rings is 1. The Hall–Kier alpha value is -0.760. The number of aromatic nitrogens is 1. The summed E-state index contributed by atoms with van der Waals surface area (Å²) in [7, 11) is 1.79. The van der Waals surface area contributed by atoms with Gasteiger partial charge in [0.15, 0.2) is 0 Å². The zero-order valence-electron chi connectivity index (χ0n) is 10.4. The van der Waals surface area contributed by atoms with E-state index in [0.717, 1.165) is 20.1 Å². The van der Waals surface area contributed by atoms with Crippen LogP contribution in [0.3, 0.4) is 0 Å². The number of thiophene rings is 1. The largest absolute Gasteiger partial charge is 0.335 e. The Labute approximate surface area is 128 Å². The fraction of sp³-hybridized carbons (Fsp3) is 0.333. The zero-order valence-corrected chi connectivity index (χ0v) is 13.6. The van der Waals surface area contributed by atoms with Gasteiger partial charge in [-0.25, -0.2) is 4.98 Å². The second-order valence-corrected chi connectivity index (χ2v) is 7.52. The highest BCUT2D eigenvalue weighted by atomic mass is 79.9. The number of rotatable bonds is 5. The van der Waals surface area contributed by atoms with Gasteiger partial charge in [0, 0.05) is 23.7 Å². The molecule has 1 amide bonds. The fourth-order valence-corrected chi connectivity index (χ4v) is 3.91. The maximum atomic E-state index is 12.2. The van der Waals surface area contributed by atoms with E-state index in [0.29, 0.717) is 18.8 Å². The van der Waals surface area contributed by atoms with Crippen molar-refractivity contribution in [1.82, 2.24) is 9.88 Å². The molecule has 2 rings (SSSR count). The molecule has 0 bridgehead atoms. The minimum Gasteiger partial charge on any atom is -0.335 e. The molecule has 102 valence electrons. The lowest BCUT2D eigenvalue weighted by Gasteiger charge is -2.14. The number of nitrogens with zero attached hydrogens (tertiary/aromatic N) is 2. The van der Waals surface area contributed by atoms with Crippen LogP contribution in [0.1, 0.15) is 20.4 Å². The van der Waals surface area contributed by atoms with Gasteiger partial charge in [-0.05, 0) is 34.6 Å². The maximum absolute atomic E-state index is 12.2. The van der Waals surface area contributed by atoms with Gasteiger partial charge in [0.05, 0.1) is 15.3 Å². The van der Waals surface area contributed by atoms with Gasteiger partial charge in [-0.2, -0.15) is 0 Å². The van der Waals surface area contributed by atoms with Crippen LogP contribution in [0.4, 0.5) is 0 Å². The summed E-state index contributed by atoms with van der Waals surface area (Å²) < 4.78 is 1.07. The second kappa shape index (κ2) is 6.60. The van der Waals surface area contributed by atoms with Crippen LogP contribution in [0.15, 0.2) is 21.3 Å². The molecule has 0 saturated carbocycles. The lowest BCUT2D eigenvalue weighted by Crippen LogP contribution is -2.26. The summed E-state index contributed by atoms with van der Waals surface area (Å²) in [5, 5.41) is 2.71. The molecule has 2 heterocycles. The minimum absolute atomic E-state index is 0.0518. The number of carbonyl (C=O) groups excluding carboxylic acids is 1. The molecule has 19 heavy (non-hydrogen) atoms. The lowest BCUT2D eigenvalue weighted by atomic mass is 10.3. The summed E-state index contributed by atoms with van der Waals surface area (Å²) in [6.07, 6.45) is 0.722. The highest BCUT2D eigenvalue weighted by Gasteiger charge is 2.16. The highest BCUT2D eigenvalue weighted by molar-refractivity contribution is 9.11. The Morgan fingerprint density at radius 1 is 1.53 bits per heavy atom. The summed E-state index contributed by atoms with van der Waals surface area (Å²) in [5.74, 6) is -0.0518. The van der Waals surface area contributed by atoms with Crippen molar-refractivity contribution < 1.29 is 4.79 Å². The first-order valence-corrected chi connectivity index (χ1v) is 8.23. The van der Waals surface area contributed by atoms with Crippen LogP contribution in [-0.4, -0.2) is 29.4 Å². The number of hydrogen-bond acceptors (Lipinski definition) is 5. The molecule has 0 unspecified atom stereocenters. The number of halogens is 1. The summed E-state index contributed by atoms with van der Waals surface area (Å²) in [4.78, 5) is 19.3. The molecule has 0 atom stereocenters. The van der Waals surface area contributed by atoms with E-state index in [-0.39, 0.29) is 5.91 Å². The first kappa shape index (κ1) is 14.6. The van der Waals surface area contributed by atoms with Crippen molar-refractivity contribution >= 4 is 44.5 Å². The van der Waals surface area contributed by atoms with Crippen LogP contribution in [0.2, 0.25) is 0 Å². The van der Waals surface area contributed by atoms with Crippen molar-refractivity contribution in [1.29, 1.82) is 0 Å². The van der Waals surface area contributed by atoms with Gasteiger partial charge in [0.1, 0.15) is 5.69 Å². The molecule has 7 heteroatoms. The van der Waals surface area contributed by atoms with E-state index in [1.807, 2.05) is 12.1 Å². The number of hydrogen-bond donors (Lipinski definition) is 1. The molecule has 0 spiro atoms. The summed E-state index contributed by atoms with van der Waals surface area (Å²) in [6, 6.07) is 4.00. The molecular formula is C12H14BrN3OS2. The average Bonchev–Trinajstić information content (AvgIpc) is 2.98. The molecule has 0 radical (unpaired) electrons. The molecule has 4 nitrogen and oxygen atoms in total. The van der Waals surface area contributed by atoms with Crippen molar-refractivity contribution in [3.63, 3.8) is 0 Å². The highest BCUT2D eigenvalue weighted by Crippen LogP contribution is 2.23. The molecular weight excluding hydrogens is 346 g/mol. The van der Waals surface area contributed by atoms with Gasteiger partial charge in [-0.15, -0.1) is 22.7 Å². The van der Waals surface area contributed by atoms with E-state index < -0.39 is 0 Å². The van der Waals surface area contributed by atoms with Gasteiger partial charge in [0.2, 0.25) is 0 Å². The zero-order chi connectivity index (χ0) is 13.8. The van der Waals surface area contributed by atoms with Gasteiger partial charge in [0.25, 0.3) is 5.91 Å². The topological polar surface area (TPSA) is 59.2 Å². The number of amides is 1. The van der Waals surface area contributed by atoms with E-state index in [1.165, 1.54) is 11.3 Å². The molecule has 0 fully saturated rings. The van der Waals surface area contributed by atoms with Gasteiger partial charge < -0.3 is 10.6 Å². The minimum atomic E-state index is -0.0518. The number of carbonyl (C=O) groups is 1. The van der Waals surface area contributed by atoms with E-state index in [9.17, 15) is 4.79 Å². The molecule has 0 aliphatic heterocycles. The fourth-order valence-electron chi connectivity index (χ4n) is 1.59. The standard InChI is InChI=1S/C12H14BrN3OS2/c1-16(6-8-2-3-10(13)19-8)12(17)9-7-18-11(15-9)4-5-14/h2-3,7H,4-6,14H2,1H3. The SMILES string of the molecule is CN(Cc1ccc(Br)s1)C(=O)c1csc(CCN)n1. The Kier molecular flexibility index (Phi) is 5.09. The van der Waals surface area contributed by atoms with Crippen molar-refractivity contribution in [3.05, 3.63) is 36.9 Å². The first-order valence-electron chi connectivity index (χ1n) is 5.74. The third-order valence-electron chi connectivity index (χ3n) is 2.50. The molecule has 0 aliphatic carbocycles. The molecule has 0 aromatic carbocycles. The molecule has 2 aromatic heterocycles. The van der Waals surface area contributed by atoms with E-state index in [4.69, 9.17) is 5.73 Å². The third-order valence-corrected chi connectivity index (χ3v) is 5.01. The Balaban J connectivity index is 2.01. The summed E-state index contributed by atoms with van der Waals surface area (Å²) in [6.45, 7) is 1.15. The van der Waals surface area contributed by atoms with Crippen LogP contribution >= 0.6 is 38.6 Å². The monoisotopic (exact) mass is 359 g/mol. The smallest absolute Gasteiger partial charge is 0.273 e. The third kappa shape index (κ3) is 3.85. The molecule has 2 aromatic rings. The van der Waals surface area contributed by atoms with Gasteiger partial charge >= 0.3 is 0 Å². The van der Waals surface area contributed by atoms with Crippen LogP contribution in [0, 0.1) is 0 Å². The number of nitrogens with two attached hydrogens (primary N) is 1. The second-order valence-electron chi connectivity index (χ2n) is 4.03. The summed E-state index contributed by atoms with van der Waals surface area (Å²) >= 11 is 6.53. The van der Waals surface area contributed by atoms with Crippen LogP contribution in [0.25, 0.3) is 0 Å². The Morgan fingerprint density at radius 3 is 2.95 bits per heavy atom. The molecule has 0 aliphatic rings. The Morgan fingerprint density at radius 2 is 2.32 bits per heavy atom. The van der Waals surface area contributed by atoms with E-state index in [1.54, 1.807) is 28.7 Å². The van der Waals surface area contributed by atoms with Gasteiger partial charge in [-0.3, -0.25) is 4.79 Å². The first-order chi connectivity index (χ1) is 9.10. The quantitative estimate of drug-likeness (QED) is 0.892. The average molecular weight is 360 g/mol. The molecule has 2 N–H and O–H groups in total. The van der Waals surface area contributed by atoms with E-state index >= 15 is 0 Å². The lowest BCUT2D eigenvalue weighted by molar-refractivity contribution is 0.0781. The van der Waals surface area contributed by atoms with Crippen molar-refractivity contribution in [2.24, 2.45) is 5.73 Å². The van der Waals surface area contributed by atoms with Crippen molar-refractivity contribution in [2.45, 2.75) is 13.0 Å². The Bertz CT molecular complexity index is 567. The molecule has 0 saturated heterocycles. The summed E-state index contributed by atoms with van der Waals surface area (Å²) in [5.41, 5.74) is 5.98. The normalized spacial score (nSPS) is 10.7. The van der Waals surface area contributed by atoms with Crippen molar-refractivity contribution in [2.75, 3.05) is 13.6 Å². The van der Waals surface area contributed by atoms with Crippen LogP contribution in [0.5, 0.6) is 0 Å². The van der Waals surface area contributed by atoms with Gasteiger partial charge in [-0.1, -0.05) is 0 Å².